The predicted octanol–water partition coefficient (Wildman–Crippen LogP) is 11.9. The van der Waals surface area contributed by atoms with Crippen molar-refractivity contribution < 1.29 is 0 Å². The van der Waals surface area contributed by atoms with Gasteiger partial charge in [-0.2, -0.15) is 0 Å². The lowest BCUT2D eigenvalue weighted by atomic mass is 9.86. The zero-order valence-corrected chi connectivity index (χ0v) is 34.7. The Labute approximate surface area is 333 Å². The molecule has 0 saturated heterocycles. The molecule has 1 aliphatic rings. The molecule has 1 aliphatic heterocycles. The van der Waals surface area contributed by atoms with E-state index in [0.29, 0.717) is 5.02 Å². The Morgan fingerprint density at radius 3 is 1.29 bits per heavy atom. The highest BCUT2D eigenvalue weighted by Crippen LogP contribution is 2.48. The van der Waals surface area contributed by atoms with Crippen molar-refractivity contribution in [2.45, 2.75) is 59.3 Å². The lowest BCUT2D eigenvalue weighted by Crippen LogP contribution is -2.77. The smallest absolute Gasteiger partial charge is 0.184 e. The molecule has 4 heteroatoms. The predicted molar refractivity (Wildman–Crippen MR) is 240 cm³/mol. The topological polar surface area (TPSA) is 6.48 Å². The van der Waals surface area contributed by atoms with Gasteiger partial charge >= 0.3 is 0 Å². The molecule has 55 heavy (non-hydrogen) atoms. The molecule has 7 aromatic carbocycles. The van der Waals surface area contributed by atoms with E-state index < -0.39 is 8.07 Å². The molecule has 0 fully saturated rings. The first-order valence-electron chi connectivity index (χ1n) is 19.3. The minimum absolute atomic E-state index is 0.0406. The molecule has 0 spiro atoms. The molecule has 0 atom stereocenters. The first-order chi connectivity index (χ1) is 26.4. The van der Waals surface area contributed by atoms with E-state index in [2.05, 4.69) is 228 Å². The fraction of sp³-hybridized carbons (Fsp3) is 0.176. The molecule has 0 saturated carbocycles. The van der Waals surface area contributed by atoms with Crippen LogP contribution in [0.25, 0.3) is 0 Å². The first-order valence-corrected chi connectivity index (χ1v) is 21.7. The van der Waals surface area contributed by atoms with E-state index in [1.165, 1.54) is 31.9 Å². The van der Waals surface area contributed by atoms with Crippen LogP contribution in [-0.2, 0) is 10.8 Å². The largest absolute Gasteiger partial charge is 0.309 e. The van der Waals surface area contributed by atoms with Gasteiger partial charge in [-0.25, -0.2) is 0 Å². The van der Waals surface area contributed by atoms with Crippen LogP contribution in [0.5, 0.6) is 0 Å². The number of halogens is 1. The Balaban J connectivity index is 1.38. The molecule has 0 amide bonds. The summed E-state index contributed by atoms with van der Waals surface area (Å²) in [5, 5.41) is 6.11. The summed E-state index contributed by atoms with van der Waals surface area (Å²) in [4.78, 5) is 4.75. The Hall–Kier alpha value is -5.35. The van der Waals surface area contributed by atoms with E-state index in [1.54, 1.807) is 0 Å². The van der Waals surface area contributed by atoms with Crippen LogP contribution in [0.4, 0.5) is 34.1 Å². The number of hydrogen-bond acceptors (Lipinski definition) is 2. The number of anilines is 6. The van der Waals surface area contributed by atoms with Crippen molar-refractivity contribution in [1.82, 2.24) is 0 Å². The number of nitrogens with zero attached hydrogens (tertiary/aromatic N) is 2. The van der Waals surface area contributed by atoms with Crippen molar-refractivity contribution in [2.24, 2.45) is 0 Å². The van der Waals surface area contributed by atoms with E-state index in [4.69, 9.17) is 11.6 Å². The second-order valence-electron chi connectivity index (χ2n) is 16.9. The van der Waals surface area contributed by atoms with Crippen molar-refractivity contribution >= 4 is 74.5 Å². The molecule has 8 rings (SSSR count). The fourth-order valence-corrected chi connectivity index (χ4v) is 13.8. The first kappa shape index (κ1) is 36.6. The number of aryl methyl sites for hydroxylation is 1. The molecule has 0 aromatic heterocycles. The molecule has 274 valence electrons. The summed E-state index contributed by atoms with van der Waals surface area (Å²) in [6, 6.07) is 62.8. The van der Waals surface area contributed by atoms with Crippen LogP contribution in [0, 0.1) is 6.92 Å². The van der Waals surface area contributed by atoms with Gasteiger partial charge < -0.3 is 9.80 Å². The molecular formula is C51H49ClN2Si. The SMILES string of the molecule is Cc1cc(N(c2ccc(C(C)(C)C)cc2)c2ccc(C(C)(C)C)cc2)c(Cl)c(N2c3ccccc3[Si](c3ccccc3)(c3ccccc3)c3ccccc32)c1. The fourth-order valence-electron chi connectivity index (χ4n) is 8.38. The highest BCUT2D eigenvalue weighted by atomic mass is 35.5. The molecule has 1 heterocycles. The highest BCUT2D eigenvalue weighted by molar-refractivity contribution is 7.21. The van der Waals surface area contributed by atoms with Gasteiger partial charge in [-0.15, -0.1) is 0 Å². The summed E-state index contributed by atoms with van der Waals surface area (Å²) in [7, 11) is -2.76. The Bertz CT molecular complexity index is 2310. The average Bonchev–Trinajstić information content (AvgIpc) is 3.19. The van der Waals surface area contributed by atoms with Crippen molar-refractivity contribution in [1.29, 1.82) is 0 Å². The van der Waals surface area contributed by atoms with E-state index in [-0.39, 0.29) is 10.8 Å². The summed E-state index contributed by atoms with van der Waals surface area (Å²) in [6.45, 7) is 15.7. The van der Waals surface area contributed by atoms with Gasteiger partial charge in [0.1, 0.15) is 0 Å². The van der Waals surface area contributed by atoms with Crippen molar-refractivity contribution in [3.05, 3.63) is 192 Å². The zero-order chi connectivity index (χ0) is 38.5. The van der Waals surface area contributed by atoms with E-state index in [9.17, 15) is 0 Å². The maximum Gasteiger partial charge on any atom is 0.184 e. The van der Waals surface area contributed by atoms with Gasteiger partial charge in [0.2, 0.25) is 0 Å². The summed E-state index contributed by atoms with van der Waals surface area (Å²) in [6.07, 6.45) is 0. The van der Waals surface area contributed by atoms with Crippen LogP contribution in [0.2, 0.25) is 5.02 Å². The van der Waals surface area contributed by atoms with Gasteiger partial charge in [0.25, 0.3) is 0 Å². The average molecular weight is 754 g/mol. The third-order valence-corrected chi connectivity index (χ3v) is 16.4. The number of fused-ring (bicyclic) bond motifs is 2. The van der Waals surface area contributed by atoms with Crippen LogP contribution < -0.4 is 30.5 Å². The molecule has 0 aliphatic carbocycles. The Morgan fingerprint density at radius 2 is 0.873 bits per heavy atom. The van der Waals surface area contributed by atoms with Gasteiger partial charge in [0, 0.05) is 22.7 Å². The molecule has 0 unspecified atom stereocenters. The number of rotatable bonds is 6. The quantitative estimate of drug-likeness (QED) is 0.156. The minimum Gasteiger partial charge on any atom is -0.309 e. The number of para-hydroxylation sites is 2. The van der Waals surface area contributed by atoms with Crippen molar-refractivity contribution in [3.8, 4) is 0 Å². The van der Waals surface area contributed by atoms with Crippen LogP contribution in [0.15, 0.2) is 170 Å². The van der Waals surface area contributed by atoms with Crippen LogP contribution >= 0.6 is 11.6 Å². The maximum absolute atomic E-state index is 7.88. The van der Waals surface area contributed by atoms with Gasteiger partial charge in [-0.3, -0.25) is 0 Å². The minimum atomic E-state index is -2.76. The molecule has 7 aromatic rings. The lowest BCUT2D eigenvalue weighted by Gasteiger charge is -2.45. The van der Waals surface area contributed by atoms with Crippen LogP contribution in [0.1, 0.15) is 58.2 Å². The van der Waals surface area contributed by atoms with E-state index in [1.807, 2.05) is 0 Å². The van der Waals surface area contributed by atoms with Crippen LogP contribution in [0.3, 0.4) is 0 Å². The summed E-state index contributed by atoms with van der Waals surface area (Å²) < 4.78 is 0. The Kier molecular flexibility index (Phi) is 9.36. The third-order valence-electron chi connectivity index (χ3n) is 11.2. The molecule has 0 radical (unpaired) electrons. The highest BCUT2D eigenvalue weighted by Gasteiger charge is 2.49. The van der Waals surface area contributed by atoms with Gasteiger partial charge in [0.15, 0.2) is 8.07 Å². The summed E-state index contributed by atoms with van der Waals surface area (Å²) in [5.74, 6) is 0. The number of hydrogen-bond donors (Lipinski definition) is 0. The third kappa shape index (κ3) is 6.40. The maximum atomic E-state index is 7.88. The van der Waals surface area contributed by atoms with Gasteiger partial charge in [-0.1, -0.05) is 174 Å². The molecule has 2 nitrogen and oxygen atoms in total. The lowest BCUT2D eigenvalue weighted by molar-refractivity contribution is 0.590. The molecular weight excluding hydrogens is 704 g/mol. The second kappa shape index (κ2) is 14.1. The van der Waals surface area contributed by atoms with Crippen LogP contribution in [-0.4, -0.2) is 8.07 Å². The number of benzene rings is 7. The Morgan fingerprint density at radius 1 is 0.473 bits per heavy atom. The van der Waals surface area contributed by atoms with Crippen molar-refractivity contribution in [2.75, 3.05) is 9.80 Å². The second-order valence-corrected chi connectivity index (χ2v) is 21.0. The van der Waals surface area contributed by atoms with Gasteiger partial charge in [0.05, 0.1) is 16.4 Å². The summed E-state index contributed by atoms with van der Waals surface area (Å²) in [5.41, 5.74) is 10.2. The molecule has 0 bridgehead atoms. The normalized spacial score (nSPS) is 13.6. The van der Waals surface area contributed by atoms with E-state index >= 15 is 0 Å². The van der Waals surface area contributed by atoms with Crippen molar-refractivity contribution in [3.63, 3.8) is 0 Å². The summed E-state index contributed by atoms with van der Waals surface area (Å²) >= 11 is 7.88. The van der Waals surface area contributed by atoms with Gasteiger partial charge in [-0.05, 0) is 104 Å². The molecule has 0 N–H and O–H groups in total. The van der Waals surface area contributed by atoms with E-state index in [0.717, 1.165) is 39.7 Å². The standard InChI is InChI=1S/C51H49ClN2Si/c1-36-34-45(53(39-30-26-37(27-31-39)50(2,3)4)40-32-28-38(29-33-40)51(5,6)7)49(52)46(35-36)54-43-22-14-16-24-47(43)55(41-18-10-8-11-19-41,42-20-12-9-13-21-42)48-25-17-15-23-44(48)54/h8-35H,1-7H3. The zero-order valence-electron chi connectivity index (χ0n) is 32.9. The monoisotopic (exact) mass is 752 g/mol.